The molecule has 20 heavy (non-hydrogen) atoms. The van der Waals surface area contributed by atoms with Crippen LogP contribution in [0.5, 0.6) is 0 Å². The molecule has 1 heterocycles. The van der Waals surface area contributed by atoms with Gasteiger partial charge in [-0.05, 0) is 55.4 Å². The first-order valence-electron chi connectivity index (χ1n) is 8.14. The van der Waals surface area contributed by atoms with Crippen LogP contribution in [0.2, 0.25) is 0 Å². The lowest BCUT2D eigenvalue weighted by Crippen LogP contribution is -2.51. The Hall–Kier alpha value is -1.22. The first-order chi connectivity index (χ1) is 9.79. The summed E-state index contributed by atoms with van der Waals surface area (Å²) in [7, 11) is 0. The molecule has 1 aliphatic heterocycles. The first-order valence-corrected chi connectivity index (χ1v) is 8.14. The van der Waals surface area contributed by atoms with E-state index < -0.39 is 0 Å². The number of nitrogens with zero attached hydrogens (tertiary/aromatic N) is 2. The van der Waals surface area contributed by atoms with Crippen LogP contribution in [0.1, 0.15) is 25.7 Å². The Balaban J connectivity index is 1.37. The van der Waals surface area contributed by atoms with E-state index in [9.17, 15) is 0 Å². The SMILES string of the molecule is Nc1ccc(N2CCN([C@H]3C[C@@H]4CCC3C4)CC2)cc1. The van der Waals surface area contributed by atoms with Crippen molar-refractivity contribution in [3.05, 3.63) is 24.3 Å². The molecule has 0 spiro atoms. The van der Waals surface area contributed by atoms with Gasteiger partial charge in [0, 0.05) is 43.6 Å². The molecule has 2 aliphatic carbocycles. The van der Waals surface area contributed by atoms with E-state index in [-0.39, 0.29) is 0 Å². The maximum absolute atomic E-state index is 5.77. The van der Waals surface area contributed by atoms with Crippen molar-refractivity contribution in [2.75, 3.05) is 36.8 Å². The van der Waals surface area contributed by atoms with E-state index in [1.165, 1.54) is 44.5 Å². The highest BCUT2D eigenvalue weighted by atomic mass is 15.3. The summed E-state index contributed by atoms with van der Waals surface area (Å²) < 4.78 is 0. The van der Waals surface area contributed by atoms with Gasteiger partial charge in [-0.15, -0.1) is 0 Å². The number of hydrogen-bond donors (Lipinski definition) is 1. The van der Waals surface area contributed by atoms with Crippen molar-refractivity contribution in [1.29, 1.82) is 0 Å². The Morgan fingerprint density at radius 3 is 2.25 bits per heavy atom. The molecule has 0 amide bonds. The van der Waals surface area contributed by atoms with E-state index in [4.69, 9.17) is 5.73 Å². The Morgan fingerprint density at radius 2 is 1.65 bits per heavy atom. The van der Waals surface area contributed by atoms with E-state index in [1.807, 2.05) is 12.1 Å². The molecule has 3 nitrogen and oxygen atoms in total. The van der Waals surface area contributed by atoms with Crippen LogP contribution < -0.4 is 10.6 Å². The number of nitrogen functional groups attached to an aromatic ring is 1. The van der Waals surface area contributed by atoms with Crippen LogP contribution >= 0.6 is 0 Å². The van der Waals surface area contributed by atoms with Gasteiger partial charge in [0.25, 0.3) is 0 Å². The van der Waals surface area contributed by atoms with Gasteiger partial charge < -0.3 is 10.6 Å². The summed E-state index contributed by atoms with van der Waals surface area (Å²) in [4.78, 5) is 5.28. The van der Waals surface area contributed by atoms with Crippen molar-refractivity contribution in [3.63, 3.8) is 0 Å². The molecule has 0 radical (unpaired) electrons. The van der Waals surface area contributed by atoms with Crippen molar-refractivity contribution in [2.24, 2.45) is 11.8 Å². The second-order valence-electron chi connectivity index (χ2n) is 6.86. The van der Waals surface area contributed by atoms with Crippen LogP contribution in [0.3, 0.4) is 0 Å². The maximum Gasteiger partial charge on any atom is 0.0368 e. The molecule has 1 saturated heterocycles. The van der Waals surface area contributed by atoms with E-state index in [2.05, 4.69) is 21.9 Å². The normalized spacial score (nSPS) is 33.8. The number of anilines is 2. The topological polar surface area (TPSA) is 32.5 Å². The van der Waals surface area contributed by atoms with Crippen LogP contribution in [-0.4, -0.2) is 37.1 Å². The van der Waals surface area contributed by atoms with Crippen molar-refractivity contribution >= 4 is 11.4 Å². The molecule has 3 fully saturated rings. The third-order valence-corrected chi connectivity index (χ3v) is 5.74. The highest BCUT2D eigenvalue weighted by molar-refractivity contribution is 5.53. The Kier molecular flexibility index (Phi) is 3.10. The molecule has 2 N–H and O–H groups in total. The van der Waals surface area contributed by atoms with E-state index >= 15 is 0 Å². The first kappa shape index (κ1) is 12.5. The molecule has 1 aromatic rings. The summed E-state index contributed by atoms with van der Waals surface area (Å²) >= 11 is 0. The van der Waals surface area contributed by atoms with Crippen molar-refractivity contribution in [3.8, 4) is 0 Å². The van der Waals surface area contributed by atoms with Crippen LogP contribution in [0.15, 0.2) is 24.3 Å². The number of hydrogen-bond acceptors (Lipinski definition) is 3. The minimum absolute atomic E-state index is 0.856. The lowest BCUT2D eigenvalue weighted by molar-refractivity contribution is 0.135. The number of piperazine rings is 1. The predicted molar refractivity (Wildman–Crippen MR) is 83.9 cm³/mol. The quantitative estimate of drug-likeness (QED) is 0.839. The summed E-state index contributed by atoms with van der Waals surface area (Å²) in [6, 6.07) is 9.24. The van der Waals surface area contributed by atoms with E-state index in [1.54, 1.807) is 0 Å². The second-order valence-corrected chi connectivity index (χ2v) is 6.86. The molecular weight excluding hydrogens is 246 g/mol. The summed E-state index contributed by atoms with van der Waals surface area (Å²) in [5, 5.41) is 0. The fourth-order valence-corrected chi connectivity index (χ4v) is 4.66. The largest absolute Gasteiger partial charge is 0.399 e. The fourth-order valence-electron chi connectivity index (χ4n) is 4.66. The predicted octanol–water partition coefficient (Wildman–Crippen LogP) is 2.58. The molecule has 1 aromatic carbocycles. The van der Waals surface area contributed by atoms with E-state index in [0.29, 0.717) is 0 Å². The number of benzene rings is 1. The molecule has 3 heteroatoms. The van der Waals surface area contributed by atoms with Crippen LogP contribution in [0, 0.1) is 11.8 Å². The maximum atomic E-state index is 5.77. The standard InChI is InChI=1S/C17H25N3/c18-15-3-5-16(6-4-15)19-7-9-20(10-8-19)17-12-13-1-2-14(17)11-13/h3-6,13-14,17H,1-2,7-12,18H2/t13-,14?,17+/m1/s1. The van der Waals surface area contributed by atoms with Crippen molar-refractivity contribution < 1.29 is 0 Å². The number of nitrogens with two attached hydrogens (primary N) is 1. The molecule has 2 bridgehead atoms. The van der Waals surface area contributed by atoms with Crippen molar-refractivity contribution in [2.45, 2.75) is 31.7 Å². The van der Waals surface area contributed by atoms with E-state index in [0.717, 1.165) is 36.7 Å². The smallest absolute Gasteiger partial charge is 0.0368 e. The number of fused-ring (bicyclic) bond motifs is 2. The van der Waals surface area contributed by atoms with Crippen molar-refractivity contribution in [1.82, 2.24) is 4.90 Å². The van der Waals surface area contributed by atoms with Gasteiger partial charge in [0.1, 0.15) is 0 Å². The van der Waals surface area contributed by atoms with Crippen LogP contribution in [0.4, 0.5) is 11.4 Å². The van der Waals surface area contributed by atoms with Crippen LogP contribution in [-0.2, 0) is 0 Å². The lowest BCUT2D eigenvalue weighted by atomic mass is 9.93. The third kappa shape index (κ3) is 2.18. The minimum atomic E-state index is 0.856. The van der Waals surface area contributed by atoms with Gasteiger partial charge in [-0.3, -0.25) is 4.90 Å². The number of rotatable bonds is 2. The van der Waals surface area contributed by atoms with Crippen LogP contribution in [0.25, 0.3) is 0 Å². The average Bonchev–Trinajstić information content (AvgIpc) is 3.11. The van der Waals surface area contributed by atoms with Gasteiger partial charge in [0.05, 0.1) is 0 Å². The van der Waals surface area contributed by atoms with Gasteiger partial charge >= 0.3 is 0 Å². The fraction of sp³-hybridized carbons (Fsp3) is 0.647. The summed E-state index contributed by atoms with van der Waals surface area (Å²) in [6.45, 7) is 4.80. The molecule has 4 rings (SSSR count). The lowest BCUT2D eigenvalue weighted by Gasteiger charge is -2.41. The average molecular weight is 271 g/mol. The Bertz CT molecular complexity index is 462. The zero-order valence-corrected chi connectivity index (χ0v) is 12.2. The minimum Gasteiger partial charge on any atom is -0.399 e. The third-order valence-electron chi connectivity index (χ3n) is 5.74. The van der Waals surface area contributed by atoms with Gasteiger partial charge in [-0.2, -0.15) is 0 Å². The second kappa shape index (κ2) is 4.96. The van der Waals surface area contributed by atoms with Gasteiger partial charge in [0.2, 0.25) is 0 Å². The summed E-state index contributed by atoms with van der Waals surface area (Å²) in [6.07, 6.45) is 6.00. The Labute approximate surface area is 121 Å². The zero-order valence-electron chi connectivity index (χ0n) is 12.2. The molecule has 3 atom stereocenters. The molecule has 1 unspecified atom stereocenters. The van der Waals surface area contributed by atoms with Gasteiger partial charge in [-0.25, -0.2) is 0 Å². The molecule has 2 saturated carbocycles. The summed E-state index contributed by atoms with van der Waals surface area (Å²) in [5.41, 5.74) is 7.95. The monoisotopic (exact) mass is 271 g/mol. The highest BCUT2D eigenvalue weighted by Gasteiger charge is 2.42. The van der Waals surface area contributed by atoms with Gasteiger partial charge in [0.15, 0.2) is 0 Å². The molecular formula is C17H25N3. The van der Waals surface area contributed by atoms with Gasteiger partial charge in [-0.1, -0.05) is 6.42 Å². The molecule has 0 aromatic heterocycles. The summed E-state index contributed by atoms with van der Waals surface area (Å²) in [5.74, 6) is 2.07. The highest BCUT2D eigenvalue weighted by Crippen LogP contribution is 2.46. The molecule has 3 aliphatic rings. The Morgan fingerprint density at radius 1 is 0.900 bits per heavy atom. The zero-order chi connectivity index (χ0) is 13.5. The molecule has 108 valence electrons.